The average molecular weight is 921 g/mol. The normalized spacial score (nSPS) is 27.5. The number of carbonyl (C=O) groups excluding carboxylic acids is 2. The maximum absolute atomic E-state index is 12.7. The van der Waals surface area contributed by atoms with Gasteiger partial charge in [0.25, 0.3) is 0 Å². The summed E-state index contributed by atoms with van der Waals surface area (Å²) in [4.78, 5) is 25.1. The fraction of sp³-hybridized carbons (Fsp3) is 0.959. The highest BCUT2D eigenvalue weighted by molar-refractivity contribution is 5.69. The van der Waals surface area contributed by atoms with Crippen LogP contribution in [0.15, 0.2) is 0 Å². The molecule has 0 aliphatic carbocycles. The number of carbonyl (C=O) groups is 2. The Morgan fingerprint density at radius 3 is 1.42 bits per heavy atom. The molecule has 15 nitrogen and oxygen atoms in total. The van der Waals surface area contributed by atoms with E-state index in [1.807, 2.05) is 0 Å². The molecular formula is C49H92O15. The van der Waals surface area contributed by atoms with Crippen LogP contribution >= 0.6 is 0 Å². The topological polar surface area (TPSA) is 231 Å². The Bertz CT molecular complexity index is 1160. The minimum atomic E-state index is -1.83. The lowest BCUT2D eigenvalue weighted by molar-refractivity contribution is -0.361. The van der Waals surface area contributed by atoms with Gasteiger partial charge in [0, 0.05) is 12.8 Å². The summed E-state index contributed by atoms with van der Waals surface area (Å²) in [6.07, 6.45) is 10.7. The Labute approximate surface area is 385 Å². The van der Waals surface area contributed by atoms with Gasteiger partial charge in [0.2, 0.25) is 0 Å². The Kier molecular flexibility index (Phi) is 32.6. The minimum Gasteiger partial charge on any atom is -0.463 e. The quantitative estimate of drug-likeness (QED) is 0.0258. The van der Waals surface area contributed by atoms with Crippen LogP contribution < -0.4 is 0 Å². The van der Waals surface area contributed by atoms with E-state index >= 15 is 0 Å². The van der Waals surface area contributed by atoms with Gasteiger partial charge in [-0.2, -0.15) is 0 Å². The number of rotatable bonds is 38. The van der Waals surface area contributed by atoms with Crippen LogP contribution in [0.1, 0.15) is 195 Å². The molecule has 378 valence electrons. The molecule has 3 unspecified atom stereocenters. The molecule has 0 radical (unpaired) electrons. The Hall–Kier alpha value is -1.50. The van der Waals surface area contributed by atoms with Gasteiger partial charge in [0.15, 0.2) is 12.6 Å². The van der Waals surface area contributed by atoms with Crippen LogP contribution in [0, 0.1) is 11.8 Å². The smallest absolute Gasteiger partial charge is 0.305 e. The van der Waals surface area contributed by atoms with Crippen molar-refractivity contribution in [3.05, 3.63) is 0 Å². The molecule has 0 aromatic rings. The van der Waals surface area contributed by atoms with Crippen molar-refractivity contribution in [2.45, 2.75) is 262 Å². The second-order valence-electron chi connectivity index (χ2n) is 18.9. The minimum absolute atomic E-state index is 0.163. The van der Waals surface area contributed by atoms with Crippen molar-refractivity contribution >= 4 is 11.9 Å². The van der Waals surface area contributed by atoms with Crippen LogP contribution in [0.3, 0.4) is 0 Å². The third-order valence-corrected chi connectivity index (χ3v) is 13.1. The zero-order valence-corrected chi connectivity index (χ0v) is 40.1. The van der Waals surface area contributed by atoms with E-state index in [1.165, 1.54) is 103 Å². The molecule has 0 bridgehead atoms. The van der Waals surface area contributed by atoms with Gasteiger partial charge in [0.1, 0.15) is 68.1 Å². The van der Waals surface area contributed by atoms with Gasteiger partial charge in [0.05, 0.1) is 13.2 Å². The molecule has 7 N–H and O–H groups in total. The number of esters is 2. The molecule has 2 heterocycles. The summed E-state index contributed by atoms with van der Waals surface area (Å²) in [7, 11) is 0. The monoisotopic (exact) mass is 921 g/mol. The van der Waals surface area contributed by atoms with Crippen molar-refractivity contribution < 1.29 is 73.8 Å². The first-order valence-corrected chi connectivity index (χ1v) is 25.4. The maximum Gasteiger partial charge on any atom is 0.305 e. The zero-order valence-electron chi connectivity index (χ0n) is 40.1. The van der Waals surface area contributed by atoms with Gasteiger partial charge in [-0.3, -0.25) is 9.59 Å². The lowest BCUT2D eigenvalue weighted by Crippen LogP contribution is -2.65. The number of aliphatic hydroxyl groups is 7. The van der Waals surface area contributed by atoms with Crippen molar-refractivity contribution in [3.8, 4) is 0 Å². The van der Waals surface area contributed by atoms with Crippen molar-refractivity contribution in [1.29, 1.82) is 0 Å². The molecule has 0 amide bonds. The standard InChI is InChI=1S/C49H92O15/c1-5-35(3)27-23-19-15-11-7-9-13-17-21-25-29-40(52)59-32-37(51)33-61-48-46(58)47(64-49-45(57)44(56)42(54)38(31-50)62-49)43(55)39(63-48)34-60-41(53)30-26-22-18-14-10-8-12-16-20-24-28-36(4)6-2/h35-39,42-51,54-58H,5-34H2,1-4H3/t35?,36?,37?,38-,39-,42-,43-,44+,45+,46+,47+,48+,49-/m1/s1. The molecule has 0 saturated carbocycles. The second kappa shape index (κ2) is 35.6. The molecule has 0 aromatic carbocycles. The lowest BCUT2D eigenvalue weighted by atomic mass is 9.97. The molecule has 15 heteroatoms. The summed E-state index contributed by atoms with van der Waals surface area (Å²) < 4.78 is 33.3. The molecule has 2 aliphatic rings. The molecule has 13 atom stereocenters. The summed E-state index contributed by atoms with van der Waals surface area (Å²) in [5.41, 5.74) is 0. The summed E-state index contributed by atoms with van der Waals surface area (Å²) in [5.74, 6) is 0.689. The molecule has 0 spiro atoms. The fourth-order valence-corrected chi connectivity index (χ4v) is 8.20. The van der Waals surface area contributed by atoms with E-state index in [0.717, 1.165) is 50.4 Å². The van der Waals surface area contributed by atoms with E-state index < -0.39 is 99.3 Å². The largest absolute Gasteiger partial charge is 0.463 e. The van der Waals surface area contributed by atoms with Gasteiger partial charge >= 0.3 is 11.9 Å². The van der Waals surface area contributed by atoms with Crippen molar-refractivity contribution in [3.63, 3.8) is 0 Å². The third-order valence-electron chi connectivity index (χ3n) is 13.1. The van der Waals surface area contributed by atoms with E-state index in [9.17, 15) is 45.3 Å². The summed E-state index contributed by atoms with van der Waals surface area (Å²) in [6.45, 7) is 7.13. The fourth-order valence-electron chi connectivity index (χ4n) is 8.20. The Balaban J connectivity index is 1.77. The second-order valence-corrected chi connectivity index (χ2v) is 18.9. The van der Waals surface area contributed by atoms with E-state index in [-0.39, 0.29) is 19.4 Å². The summed E-state index contributed by atoms with van der Waals surface area (Å²) in [6, 6.07) is 0. The molecule has 64 heavy (non-hydrogen) atoms. The molecule has 0 aromatic heterocycles. The molecule has 2 rings (SSSR count). The molecular weight excluding hydrogens is 829 g/mol. The Morgan fingerprint density at radius 2 is 0.953 bits per heavy atom. The third kappa shape index (κ3) is 24.5. The number of hydrogen-bond acceptors (Lipinski definition) is 15. The summed E-state index contributed by atoms with van der Waals surface area (Å²) in [5, 5.41) is 73.8. The van der Waals surface area contributed by atoms with Crippen LogP contribution in [0.2, 0.25) is 0 Å². The van der Waals surface area contributed by atoms with Crippen molar-refractivity contribution in [1.82, 2.24) is 0 Å². The van der Waals surface area contributed by atoms with Crippen molar-refractivity contribution in [2.24, 2.45) is 11.8 Å². The number of hydrogen-bond donors (Lipinski definition) is 7. The Morgan fingerprint density at radius 1 is 0.516 bits per heavy atom. The summed E-state index contributed by atoms with van der Waals surface area (Å²) >= 11 is 0. The highest BCUT2D eigenvalue weighted by atomic mass is 16.7. The predicted molar refractivity (Wildman–Crippen MR) is 243 cm³/mol. The van der Waals surface area contributed by atoms with Gasteiger partial charge < -0.3 is 64.2 Å². The van der Waals surface area contributed by atoms with Gasteiger partial charge in [-0.05, 0) is 24.7 Å². The lowest BCUT2D eigenvalue weighted by Gasteiger charge is -2.46. The highest BCUT2D eigenvalue weighted by Gasteiger charge is 2.51. The molecule has 2 aliphatic heterocycles. The number of ether oxygens (including phenoxy) is 6. The van der Waals surface area contributed by atoms with Gasteiger partial charge in [-0.25, -0.2) is 0 Å². The highest BCUT2D eigenvalue weighted by Crippen LogP contribution is 2.30. The average Bonchev–Trinajstić information content (AvgIpc) is 3.29. The first-order chi connectivity index (χ1) is 30.8. The van der Waals surface area contributed by atoms with Crippen molar-refractivity contribution in [2.75, 3.05) is 26.4 Å². The number of unbranched alkanes of at least 4 members (excludes halogenated alkanes) is 18. The molecule has 2 saturated heterocycles. The van der Waals surface area contributed by atoms with Crippen LogP contribution in [0.5, 0.6) is 0 Å². The molecule has 2 fully saturated rings. The zero-order chi connectivity index (χ0) is 47.1. The van der Waals surface area contributed by atoms with E-state index in [2.05, 4.69) is 27.7 Å². The van der Waals surface area contributed by atoms with Crippen LogP contribution in [0.25, 0.3) is 0 Å². The van der Waals surface area contributed by atoms with Gasteiger partial charge in [-0.15, -0.1) is 0 Å². The van der Waals surface area contributed by atoms with E-state index in [4.69, 9.17) is 28.4 Å². The van der Waals surface area contributed by atoms with Crippen LogP contribution in [-0.2, 0) is 38.0 Å². The SMILES string of the molecule is CCC(C)CCCCCCCCCCCCC(=O)OCC(O)CO[C@H]1O[C@H](COC(=O)CCCCCCCCCCCCC(C)CC)[C@@H](O)[C@H](O[C@H]2O[C@H](CO)[C@@H](O)[C@H](O)[C@@H]2O)[C@@H]1O. The maximum atomic E-state index is 12.7. The van der Waals surface area contributed by atoms with Crippen LogP contribution in [-0.4, -0.2) is 142 Å². The number of aliphatic hydroxyl groups excluding tert-OH is 7. The first kappa shape index (κ1) is 58.6. The van der Waals surface area contributed by atoms with E-state index in [0.29, 0.717) is 12.8 Å². The predicted octanol–water partition coefficient (Wildman–Crippen LogP) is 6.54. The van der Waals surface area contributed by atoms with E-state index in [1.54, 1.807) is 0 Å². The first-order valence-electron chi connectivity index (χ1n) is 25.4. The van der Waals surface area contributed by atoms with Crippen LogP contribution in [0.4, 0.5) is 0 Å². The van der Waals surface area contributed by atoms with Gasteiger partial charge in [-0.1, -0.05) is 169 Å².